The van der Waals surface area contributed by atoms with Crippen LogP contribution in [0.4, 0.5) is 0 Å². The Morgan fingerprint density at radius 2 is 1.37 bits per heavy atom. The average molecular weight is 396 g/mol. The molecule has 0 aliphatic rings. The fourth-order valence-corrected chi connectivity index (χ4v) is 3.37. The summed E-state index contributed by atoms with van der Waals surface area (Å²) in [5.74, 6) is 0.477. The lowest BCUT2D eigenvalue weighted by Gasteiger charge is -2.12. The molecule has 4 rings (SSSR count). The van der Waals surface area contributed by atoms with Gasteiger partial charge >= 0.3 is 0 Å². The zero-order valence-corrected chi connectivity index (χ0v) is 17.3. The van der Waals surface area contributed by atoms with Crippen LogP contribution in [0.5, 0.6) is 0 Å². The van der Waals surface area contributed by atoms with Crippen LogP contribution < -0.4 is 5.32 Å². The summed E-state index contributed by atoms with van der Waals surface area (Å²) in [6.07, 6.45) is 0.956. The summed E-state index contributed by atoms with van der Waals surface area (Å²) in [4.78, 5) is 22.4. The molecule has 0 saturated heterocycles. The van der Waals surface area contributed by atoms with Crippen molar-refractivity contribution in [3.05, 3.63) is 84.4 Å². The highest BCUT2D eigenvalue weighted by atomic mass is 16.1. The third kappa shape index (κ3) is 4.38. The fourth-order valence-electron chi connectivity index (χ4n) is 3.37. The largest absolute Gasteiger partial charge is 0.352 e. The molecule has 4 heteroatoms. The lowest BCUT2D eigenvalue weighted by molar-refractivity contribution is 0.0952. The van der Waals surface area contributed by atoms with Crippen molar-refractivity contribution >= 4 is 16.9 Å². The van der Waals surface area contributed by atoms with E-state index in [1.165, 1.54) is 0 Å². The molecule has 1 heterocycles. The molecule has 0 bridgehead atoms. The van der Waals surface area contributed by atoms with Crippen LogP contribution in [-0.4, -0.2) is 22.4 Å². The summed E-state index contributed by atoms with van der Waals surface area (Å²) >= 11 is 0. The predicted molar refractivity (Wildman–Crippen MR) is 122 cm³/mol. The molecule has 30 heavy (non-hydrogen) atoms. The van der Waals surface area contributed by atoms with E-state index in [1.54, 1.807) is 0 Å². The SMILES string of the molecule is CC(C)CCNC(=O)c1ccc2nc(-c3ccccc3)c(-c3ccccc3)nc2c1. The quantitative estimate of drug-likeness (QED) is 0.453. The van der Waals surface area contributed by atoms with Crippen LogP contribution in [0.3, 0.4) is 0 Å². The Morgan fingerprint density at radius 3 is 1.93 bits per heavy atom. The van der Waals surface area contributed by atoms with Gasteiger partial charge in [0.15, 0.2) is 0 Å². The molecule has 1 aromatic heterocycles. The molecule has 150 valence electrons. The van der Waals surface area contributed by atoms with E-state index in [0.29, 0.717) is 23.5 Å². The van der Waals surface area contributed by atoms with E-state index in [1.807, 2.05) is 78.9 Å². The Kier molecular flexibility index (Phi) is 5.84. The highest BCUT2D eigenvalue weighted by Gasteiger charge is 2.14. The van der Waals surface area contributed by atoms with Gasteiger partial charge in [0.1, 0.15) is 0 Å². The summed E-state index contributed by atoms with van der Waals surface area (Å²) in [7, 11) is 0. The number of benzene rings is 3. The van der Waals surface area contributed by atoms with E-state index in [9.17, 15) is 4.79 Å². The molecular formula is C26H25N3O. The first-order valence-electron chi connectivity index (χ1n) is 10.3. The lowest BCUT2D eigenvalue weighted by atomic mass is 10.0. The number of aromatic nitrogens is 2. The van der Waals surface area contributed by atoms with Crippen molar-refractivity contribution in [1.29, 1.82) is 0 Å². The van der Waals surface area contributed by atoms with Gasteiger partial charge in [0.05, 0.1) is 22.4 Å². The maximum absolute atomic E-state index is 12.6. The van der Waals surface area contributed by atoms with Crippen LogP contribution in [-0.2, 0) is 0 Å². The fraction of sp³-hybridized carbons (Fsp3) is 0.192. The topological polar surface area (TPSA) is 54.9 Å². The first-order valence-corrected chi connectivity index (χ1v) is 10.3. The normalized spacial score (nSPS) is 11.0. The van der Waals surface area contributed by atoms with E-state index in [-0.39, 0.29) is 5.91 Å². The number of hydrogen-bond donors (Lipinski definition) is 1. The molecule has 0 aliphatic carbocycles. The summed E-state index contributed by atoms with van der Waals surface area (Å²) < 4.78 is 0. The Balaban J connectivity index is 1.77. The first-order chi connectivity index (χ1) is 14.6. The van der Waals surface area contributed by atoms with Gasteiger partial charge in [0.25, 0.3) is 5.91 Å². The van der Waals surface area contributed by atoms with Gasteiger partial charge < -0.3 is 5.32 Å². The zero-order valence-electron chi connectivity index (χ0n) is 17.3. The second-order valence-corrected chi connectivity index (χ2v) is 7.79. The second kappa shape index (κ2) is 8.87. The minimum atomic E-state index is -0.0762. The lowest BCUT2D eigenvalue weighted by Crippen LogP contribution is -2.25. The number of nitrogens with one attached hydrogen (secondary N) is 1. The molecule has 0 unspecified atom stereocenters. The number of fused-ring (bicyclic) bond motifs is 1. The predicted octanol–water partition coefficient (Wildman–Crippen LogP) is 5.74. The molecule has 3 aromatic carbocycles. The molecule has 1 amide bonds. The summed E-state index contributed by atoms with van der Waals surface area (Å²) in [6, 6.07) is 25.6. The van der Waals surface area contributed by atoms with Crippen molar-refractivity contribution < 1.29 is 4.79 Å². The van der Waals surface area contributed by atoms with Crippen molar-refractivity contribution in [2.45, 2.75) is 20.3 Å². The molecule has 0 radical (unpaired) electrons. The summed E-state index contributed by atoms with van der Waals surface area (Å²) in [5.41, 5.74) is 5.75. The third-order valence-electron chi connectivity index (χ3n) is 5.03. The monoisotopic (exact) mass is 395 g/mol. The van der Waals surface area contributed by atoms with Crippen LogP contribution in [0, 0.1) is 5.92 Å². The van der Waals surface area contributed by atoms with E-state index in [4.69, 9.17) is 9.97 Å². The first kappa shape index (κ1) is 19.8. The molecule has 1 N–H and O–H groups in total. The Bertz CT molecular complexity index is 1150. The zero-order chi connectivity index (χ0) is 20.9. The van der Waals surface area contributed by atoms with Crippen molar-refractivity contribution in [2.24, 2.45) is 5.92 Å². The highest BCUT2D eigenvalue weighted by Crippen LogP contribution is 2.31. The molecule has 0 spiro atoms. The number of carbonyl (C=O) groups is 1. The standard InChI is InChI=1S/C26H25N3O/c1-18(2)15-16-27-26(30)21-13-14-22-23(17-21)29-25(20-11-7-4-8-12-20)24(28-22)19-9-5-3-6-10-19/h3-14,17-18H,15-16H2,1-2H3,(H,27,30). The van der Waals surface area contributed by atoms with Crippen molar-refractivity contribution in [3.8, 4) is 22.5 Å². The third-order valence-corrected chi connectivity index (χ3v) is 5.03. The van der Waals surface area contributed by atoms with Gasteiger partial charge in [0.2, 0.25) is 0 Å². The van der Waals surface area contributed by atoms with Crippen molar-refractivity contribution in [1.82, 2.24) is 15.3 Å². The van der Waals surface area contributed by atoms with Crippen LogP contribution in [0.1, 0.15) is 30.6 Å². The molecule has 4 aromatic rings. The van der Waals surface area contributed by atoms with Gasteiger partial charge in [-0.2, -0.15) is 0 Å². The molecule has 0 fully saturated rings. The molecular weight excluding hydrogens is 370 g/mol. The summed E-state index contributed by atoms with van der Waals surface area (Å²) in [6.45, 7) is 4.96. The van der Waals surface area contributed by atoms with Gasteiger partial charge in [-0.15, -0.1) is 0 Å². The maximum atomic E-state index is 12.6. The number of amides is 1. The van der Waals surface area contributed by atoms with Gasteiger partial charge in [-0.05, 0) is 30.5 Å². The van der Waals surface area contributed by atoms with E-state index >= 15 is 0 Å². The Hall–Kier alpha value is -3.53. The number of nitrogens with zero attached hydrogens (tertiary/aromatic N) is 2. The molecule has 0 saturated carbocycles. The van der Waals surface area contributed by atoms with Gasteiger partial charge in [-0.25, -0.2) is 9.97 Å². The number of hydrogen-bond acceptors (Lipinski definition) is 3. The highest BCUT2D eigenvalue weighted by molar-refractivity contribution is 5.98. The Labute approximate surface area is 177 Å². The molecule has 4 nitrogen and oxygen atoms in total. The number of carbonyl (C=O) groups excluding carboxylic acids is 1. The Morgan fingerprint density at radius 1 is 0.800 bits per heavy atom. The smallest absolute Gasteiger partial charge is 0.251 e. The van der Waals surface area contributed by atoms with E-state index in [2.05, 4.69) is 19.2 Å². The maximum Gasteiger partial charge on any atom is 0.251 e. The van der Waals surface area contributed by atoms with Crippen LogP contribution >= 0.6 is 0 Å². The van der Waals surface area contributed by atoms with Crippen LogP contribution in [0.25, 0.3) is 33.5 Å². The van der Waals surface area contributed by atoms with Crippen LogP contribution in [0.15, 0.2) is 78.9 Å². The van der Waals surface area contributed by atoms with Crippen molar-refractivity contribution in [2.75, 3.05) is 6.54 Å². The van der Waals surface area contributed by atoms with Crippen molar-refractivity contribution in [3.63, 3.8) is 0 Å². The van der Waals surface area contributed by atoms with Gasteiger partial charge in [-0.3, -0.25) is 4.79 Å². The minimum absolute atomic E-state index is 0.0762. The molecule has 0 aliphatic heterocycles. The summed E-state index contributed by atoms with van der Waals surface area (Å²) in [5, 5.41) is 2.99. The second-order valence-electron chi connectivity index (χ2n) is 7.79. The van der Waals surface area contributed by atoms with E-state index in [0.717, 1.165) is 34.5 Å². The van der Waals surface area contributed by atoms with Crippen LogP contribution in [0.2, 0.25) is 0 Å². The van der Waals surface area contributed by atoms with Gasteiger partial charge in [0, 0.05) is 23.2 Å². The minimum Gasteiger partial charge on any atom is -0.352 e. The average Bonchev–Trinajstić information content (AvgIpc) is 2.78. The number of rotatable bonds is 6. The van der Waals surface area contributed by atoms with E-state index < -0.39 is 0 Å². The molecule has 0 atom stereocenters. The van der Waals surface area contributed by atoms with Gasteiger partial charge in [-0.1, -0.05) is 74.5 Å².